The molecule has 0 saturated carbocycles. The number of hydrogen-bond acceptors (Lipinski definition) is 0. The molecule has 0 saturated heterocycles. The molecule has 0 amide bonds. The zero-order valence-corrected chi connectivity index (χ0v) is 12.7. The van der Waals surface area contributed by atoms with E-state index in [0.29, 0.717) is 0 Å². The van der Waals surface area contributed by atoms with Crippen molar-refractivity contribution in [3.8, 4) is 11.1 Å². The molecule has 0 nitrogen and oxygen atoms in total. The maximum Gasteiger partial charge on any atom is 0.0114 e. The van der Waals surface area contributed by atoms with E-state index in [1.807, 2.05) is 0 Å². The van der Waals surface area contributed by atoms with Gasteiger partial charge in [0, 0.05) is 5.41 Å². The Morgan fingerprint density at radius 3 is 2.52 bits per heavy atom. The monoisotopic (exact) mass is 272 g/mol. The fraction of sp³-hybridized carbons (Fsp3) is 0.238. The molecule has 104 valence electrons. The third kappa shape index (κ3) is 1.82. The van der Waals surface area contributed by atoms with Gasteiger partial charge in [0.2, 0.25) is 0 Å². The Kier molecular flexibility index (Phi) is 2.68. The highest BCUT2D eigenvalue weighted by molar-refractivity contribution is 5.78. The molecule has 2 aliphatic rings. The van der Waals surface area contributed by atoms with Crippen LogP contribution in [0.1, 0.15) is 37.0 Å². The summed E-state index contributed by atoms with van der Waals surface area (Å²) in [7, 11) is 0. The average Bonchev–Trinajstić information content (AvgIpc) is 3.14. The molecule has 0 atom stereocenters. The van der Waals surface area contributed by atoms with Crippen LogP contribution >= 0.6 is 0 Å². The van der Waals surface area contributed by atoms with E-state index in [2.05, 4.69) is 74.5 Å². The quantitative estimate of drug-likeness (QED) is 0.584. The summed E-state index contributed by atoms with van der Waals surface area (Å²) in [6.45, 7) is 4.73. The van der Waals surface area contributed by atoms with Gasteiger partial charge in [-0.05, 0) is 40.7 Å². The first-order valence-electron chi connectivity index (χ1n) is 7.75. The fourth-order valence-corrected chi connectivity index (χ4v) is 3.83. The highest BCUT2D eigenvalue weighted by Crippen LogP contribution is 2.44. The zero-order valence-electron chi connectivity index (χ0n) is 12.7. The van der Waals surface area contributed by atoms with Crippen molar-refractivity contribution in [1.29, 1.82) is 0 Å². The normalized spacial score (nSPS) is 15.8. The lowest BCUT2D eigenvalue weighted by atomic mass is 9.74. The first-order valence-corrected chi connectivity index (χ1v) is 7.75. The lowest BCUT2D eigenvalue weighted by Gasteiger charge is -2.29. The average molecular weight is 272 g/mol. The Hall–Kier alpha value is -2.08. The van der Waals surface area contributed by atoms with Gasteiger partial charge in [0.15, 0.2) is 0 Å². The van der Waals surface area contributed by atoms with Crippen molar-refractivity contribution in [3.63, 3.8) is 0 Å². The Balaban J connectivity index is 1.87. The molecule has 2 aromatic rings. The van der Waals surface area contributed by atoms with Crippen molar-refractivity contribution in [2.24, 2.45) is 0 Å². The van der Waals surface area contributed by atoms with Crippen molar-refractivity contribution in [3.05, 3.63) is 83.0 Å². The Morgan fingerprint density at radius 1 is 0.905 bits per heavy atom. The second-order valence-electron chi connectivity index (χ2n) is 6.61. The molecule has 4 rings (SSSR count). The molecule has 0 spiro atoms. The van der Waals surface area contributed by atoms with E-state index in [-0.39, 0.29) is 5.41 Å². The summed E-state index contributed by atoms with van der Waals surface area (Å²) in [6, 6.07) is 15.7. The van der Waals surface area contributed by atoms with Crippen molar-refractivity contribution in [1.82, 2.24) is 0 Å². The van der Waals surface area contributed by atoms with Crippen LogP contribution < -0.4 is 0 Å². The summed E-state index contributed by atoms with van der Waals surface area (Å²) in [6.07, 6.45) is 8.90. The van der Waals surface area contributed by atoms with Gasteiger partial charge in [-0.3, -0.25) is 0 Å². The predicted octanol–water partition coefficient (Wildman–Crippen LogP) is 5.42. The molecule has 0 bridgehead atoms. The molecular weight excluding hydrogens is 252 g/mol. The largest absolute Gasteiger partial charge is 0.0804 e. The molecule has 0 unspecified atom stereocenters. The molecule has 2 aromatic carbocycles. The van der Waals surface area contributed by atoms with Crippen LogP contribution in [0.4, 0.5) is 0 Å². The van der Waals surface area contributed by atoms with Crippen LogP contribution in [0.3, 0.4) is 0 Å². The molecule has 0 heteroatoms. The van der Waals surface area contributed by atoms with E-state index < -0.39 is 0 Å². The lowest BCUT2D eigenvalue weighted by Crippen LogP contribution is -2.21. The Bertz CT molecular complexity index is 772. The summed E-state index contributed by atoms with van der Waals surface area (Å²) in [5.41, 5.74) is 8.96. The van der Waals surface area contributed by atoms with Crippen LogP contribution in [0.25, 0.3) is 11.1 Å². The summed E-state index contributed by atoms with van der Waals surface area (Å²) in [5.74, 6) is 0. The van der Waals surface area contributed by atoms with Crippen LogP contribution in [-0.2, 0) is 11.8 Å². The first kappa shape index (κ1) is 12.6. The minimum absolute atomic E-state index is 0.108. The van der Waals surface area contributed by atoms with Crippen molar-refractivity contribution < 1.29 is 0 Å². The fourth-order valence-electron chi connectivity index (χ4n) is 3.83. The second-order valence-corrected chi connectivity index (χ2v) is 6.61. The smallest absolute Gasteiger partial charge is 0.0114 e. The molecule has 0 radical (unpaired) electrons. The van der Waals surface area contributed by atoms with Gasteiger partial charge in [-0.2, -0.15) is 0 Å². The van der Waals surface area contributed by atoms with Gasteiger partial charge in [-0.15, -0.1) is 0 Å². The predicted molar refractivity (Wildman–Crippen MR) is 89.6 cm³/mol. The molecule has 2 aliphatic carbocycles. The Labute approximate surface area is 126 Å². The highest BCUT2D eigenvalue weighted by Gasteiger charge is 2.31. The molecular formula is C21H20. The van der Waals surface area contributed by atoms with Gasteiger partial charge in [0.25, 0.3) is 0 Å². The van der Waals surface area contributed by atoms with E-state index in [1.165, 1.54) is 33.4 Å². The van der Waals surface area contributed by atoms with Crippen molar-refractivity contribution in [2.75, 3.05) is 0 Å². The third-order valence-corrected chi connectivity index (χ3v) is 5.10. The minimum atomic E-state index is 0.108. The van der Waals surface area contributed by atoms with E-state index >= 15 is 0 Å². The topological polar surface area (TPSA) is 0 Å². The van der Waals surface area contributed by atoms with Gasteiger partial charge in [0.1, 0.15) is 0 Å². The van der Waals surface area contributed by atoms with Crippen LogP contribution in [0.5, 0.6) is 0 Å². The van der Waals surface area contributed by atoms with Crippen molar-refractivity contribution in [2.45, 2.75) is 32.1 Å². The zero-order chi connectivity index (χ0) is 14.4. The van der Waals surface area contributed by atoms with Gasteiger partial charge < -0.3 is 0 Å². The van der Waals surface area contributed by atoms with Crippen LogP contribution in [-0.4, -0.2) is 0 Å². The summed E-state index contributed by atoms with van der Waals surface area (Å²) < 4.78 is 0. The third-order valence-electron chi connectivity index (χ3n) is 5.10. The maximum absolute atomic E-state index is 2.37. The van der Waals surface area contributed by atoms with Gasteiger partial charge in [0.05, 0.1) is 0 Å². The van der Waals surface area contributed by atoms with Gasteiger partial charge >= 0.3 is 0 Å². The van der Waals surface area contributed by atoms with Crippen LogP contribution in [0.15, 0.2) is 66.3 Å². The van der Waals surface area contributed by atoms with E-state index in [9.17, 15) is 0 Å². The SMILES string of the molecule is CC(C)(C1=CC=CC1)c1cccc2c1Cc1ccccc1-2. The van der Waals surface area contributed by atoms with Crippen molar-refractivity contribution >= 4 is 0 Å². The highest BCUT2D eigenvalue weighted by atomic mass is 14.3. The number of hydrogen-bond donors (Lipinski definition) is 0. The standard InChI is InChI=1S/C21H20/c1-21(2,16-9-4-5-10-16)20-13-7-12-18-17-11-6-3-8-15(17)14-19(18)20/h3-9,11-13H,10,14H2,1-2H3. The molecule has 0 fully saturated rings. The molecule has 0 aromatic heterocycles. The Morgan fingerprint density at radius 2 is 1.71 bits per heavy atom. The number of rotatable bonds is 2. The van der Waals surface area contributed by atoms with E-state index in [1.54, 1.807) is 0 Å². The first-order chi connectivity index (χ1) is 10.2. The summed E-state index contributed by atoms with van der Waals surface area (Å²) in [4.78, 5) is 0. The molecule has 0 aliphatic heterocycles. The van der Waals surface area contributed by atoms with Gasteiger partial charge in [-0.25, -0.2) is 0 Å². The number of benzene rings is 2. The number of allylic oxidation sites excluding steroid dienone is 4. The van der Waals surface area contributed by atoms with E-state index in [4.69, 9.17) is 0 Å². The molecule has 21 heavy (non-hydrogen) atoms. The lowest BCUT2D eigenvalue weighted by molar-refractivity contribution is 0.608. The minimum Gasteiger partial charge on any atom is -0.0804 e. The second kappa shape index (κ2) is 4.46. The molecule has 0 N–H and O–H groups in total. The van der Waals surface area contributed by atoms with Crippen LogP contribution in [0, 0.1) is 0 Å². The van der Waals surface area contributed by atoms with Crippen LogP contribution in [0.2, 0.25) is 0 Å². The van der Waals surface area contributed by atoms with E-state index in [0.717, 1.165) is 12.8 Å². The number of fused-ring (bicyclic) bond motifs is 3. The maximum atomic E-state index is 2.37. The van der Waals surface area contributed by atoms with Gasteiger partial charge in [-0.1, -0.05) is 80.1 Å². The summed E-state index contributed by atoms with van der Waals surface area (Å²) >= 11 is 0. The summed E-state index contributed by atoms with van der Waals surface area (Å²) in [5, 5.41) is 0. The molecule has 0 heterocycles.